The van der Waals surface area contributed by atoms with E-state index in [1.54, 1.807) is 0 Å². The molecule has 2 nitrogen and oxygen atoms in total. The molecule has 0 aromatic carbocycles. The maximum atomic E-state index is 11.9. The summed E-state index contributed by atoms with van der Waals surface area (Å²) in [6.07, 6.45) is 11.0. The SMILES string of the molecule is C#CCC(C)NC(=O)C1C2CCCCC21. The number of hydrogen-bond acceptors (Lipinski definition) is 1. The van der Waals surface area contributed by atoms with Crippen LogP contribution in [-0.2, 0) is 4.79 Å². The van der Waals surface area contributed by atoms with Gasteiger partial charge in [0.1, 0.15) is 0 Å². The first-order valence-corrected chi connectivity index (χ1v) is 5.98. The van der Waals surface area contributed by atoms with Crippen molar-refractivity contribution in [3.05, 3.63) is 0 Å². The van der Waals surface area contributed by atoms with E-state index in [1.807, 2.05) is 6.92 Å². The molecule has 82 valence electrons. The maximum Gasteiger partial charge on any atom is 0.223 e. The Labute approximate surface area is 91.8 Å². The number of amides is 1. The van der Waals surface area contributed by atoms with E-state index in [4.69, 9.17) is 6.42 Å². The van der Waals surface area contributed by atoms with Crippen molar-refractivity contribution in [2.24, 2.45) is 17.8 Å². The second-order valence-electron chi connectivity index (χ2n) is 4.96. The summed E-state index contributed by atoms with van der Waals surface area (Å²) in [7, 11) is 0. The van der Waals surface area contributed by atoms with Gasteiger partial charge in [0.05, 0.1) is 0 Å². The lowest BCUT2D eigenvalue weighted by Gasteiger charge is -2.10. The Bertz CT molecular complexity index is 279. The molecule has 3 atom stereocenters. The van der Waals surface area contributed by atoms with Crippen LogP contribution in [0.25, 0.3) is 0 Å². The van der Waals surface area contributed by atoms with Crippen LogP contribution in [0.1, 0.15) is 39.0 Å². The van der Waals surface area contributed by atoms with E-state index in [2.05, 4.69) is 11.2 Å². The van der Waals surface area contributed by atoms with Crippen LogP contribution in [0.5, 0.6) is 0 Å². The van der Waals surface area contributed by atoms with E-state index in [1.165, 1.54) is 25.7 Å². The van der Waals surface area contributed by atoms with Gasteiger partial charge >= 0.3 is 0 Å². The molecule has 0 bridgehead atoms. The summed E-state index contributed by atoms with van der Waals surface area (Å²) >= 11 is 0. The Morgan fingerprint density at radius 2 is 2.07 bits per heavy atom. The standard InChI is InChI=1S/C13H19NO/c1-3-6-9(2)14-13(15)12-10-7-4-5-8-11(10)12/h1,9-12H,4-8H2,2H3,(H,14,15). The summed E-state index contributed by atoms with van der Waals surface area (Å²) < 4.78 is 0. The van der Waals surface area contributed by atoms with Gasteiger partial charge in [0.2, 0.25) is 5.91 Å². The molecule has 2 fully saturated rings. The first-order chi connectivity index (χ1) is 7.24. The lowest BCUT2D eigenvalue weighted by molar-refractivity contribution is -0.123. The molecule has 2 aliphatic rings. The Balaban J connectivity index is 1.80. The van der Waals surface area contributed by atoms with E-state index in [0.717, 1.165) is 0 Å². The second kappa shape index (κ2) is 4.26. The lowest BCUT2D eigenvalue weighted by atomic mass is 10.0. The molecule has 0 aliphatic heterocycles. The molecule has 2 saturated carbocycles. The van der Waals surface area contributed by atoms with Crippen molar-refractivity contribution in [3.8, 4) is 12.3 Å². The van der Waals surface area contributed by atoms with Gasteiger partial charge in [-0.1, -0.05) is 12.8 Å². The van der Waals surface area contributed by atoms with E-state index in [-0.39, 0.29) is 11.9 Å². The highest BCUT2D eigenvalue weighted by Crippen LogP contribution is 2.55. The van der Waals surface area contributed by atoms with Crippen molar-refractivity contribution in [3.63, 3.8) is 0 Å². The van der Waals surface area contributed by atoms with Gasteiger partial charge in [-0.15, -0.1) is 12.3 Å². The van der Waals surface area contributed by atoms with Crippen LogP contribution >= 0.6 is 0 Å². The molecule has 2 heteroatoms. The minimum Gasteiger partial charge on any atom is -0.352 e. The van der Waals surface area contributed by atoms with E-state index in [0.29, 0.717) is 24.2 Å². The number of carbonyl (C=O) groups excluding carboxylic acids is 1. The third-order valence-corrected chi connectivity index (χ3v) is 3.77. The van der Waals surface area contributed by atoms with Crippen molar-refractivity contribution < 1.29 is 4.79 Å². The fraction of sp³-hybridized carbons (Fsp3) is 0.769. The Morgan fingerprint density at radius 3 is 2.60 bits per heavy atom. The van der Waals surface area contributed by atoms with E-state index in [9.17, 15) is 4.79 Å². The molecule has 2 aliphatic carbocycles. The molecular formula is C13H19NO. The van der Waals surface area contributed by atoms with Gasteiger partial charge in [-0.2, -0.15) is 0 Å². The van der Waals surface area contributed by atoms with Crippen LogP contribution < -0.4 is 5.32 Å². The Morgan fingerprint density at radius 1 is 1.47 bits per heavy atom. The normalized spacial score (nSPS) is 34.8. The van der Waals surface area contributed by atoms with Gasteiger partial charge in [-0.3, -0.25) is 4.79 Å². The smallest absolute Gasteiger partial charge is 0.223 e. The summed E-state index contributed by atoms with van der Waals surface area (Å²) in [5.41, 5.74) is 0. The number of fused-ring (bicyclic) bond motifs is 1. The average Bonchev–Trinajstić information content (AvgIpc) is 2.91. The third kappa shape index (κ3) is 2.17. The zero-order valence-corrected chi connectivity index (χ0v) is 9.33. The molecule has 0 heterocycles. The summed E-state index contributed by atoms with van der Waals surface area (Å²) in [4.78, 5) is 11.9. The fourth-order valence-electron chi connectivity index (χ4n) is 2.95. The van der Waals surface area contributed by atoms with Crippen LogP contribution in [0.4, 0.5) is 0 Å². The third-order valence-electron chi connectivity index (χ3n) is 3.77. The molecule has 3 unspecified atom stereocenters. The van der Waals surface area contributed by atoms with Crippen LogP contribution in [0.2, 0.25) is 0 Å². The minimum absolute atomic E-state index is 0.130. The number of hydrogen-bond donors (Lipinski definition) is 1. The van der Waals surface area contributed by atoms with E-state index < -0.39 is 0 Å². The maximum absolute atomic E-state index is 11.9. The fourth-order valence-corrected chi connectivity index (χ4v) is 2.95. The number of terminal acetylenes is 1. The van der Waals surface area contributed by atoms with Crippen molar-refractivity contribution in [2.75, 3.05) is 0 Å². The Kier molecular flexibility index (Phi) is 3.00. The zero-order valence-electron chi connectivity index (χ0n) is 9.33. The van der Waals surface area contributed by atoms with Crippen molar-refractivity contribution in [1.82, 2.24) is 5.32 Å². The first-order valence-electron chi connectivity index (χ1n) is 5.98. The zero-order chi connectivity index (χ0) is 10.8. The van der Waals surface area contributed by atoms with Crippen LogP contribution in [0, 0.1) is 30.1 Å². The quantitative estimate of drug-likeness (QED) is 0.701. The molecular weight excluding hydrogens is 186 g/mol. The second-order valence-corrected chi connectivity index (χ2v) is 4.96. The van der Waals surface area contributed by atoms with Gasteiger partial charge in [0.15, 0.2) is 0 Å². The molecule has 0 aromatic heterocycles. The number of carbonyl (C=O) groups is 1. The highest BCUT2D eigenvalue weighted by Gasteiger charge is 2.54. The summed E-state index contributed by atoms with van der Waals surface area (Å²) in [5, 5.41) is 3.02. The predicted molar refractivity (Wildman–Crippen MR) is 60.0 cm³/mol. The van der Waals surface area contributed by atoms with Crippen molar-refractivity contribution in [2.45, 2.75) is 45.1 Å². The minimum atomic E-state index is 0.130. The summed E-state index contributed by atoms with van der Waals surface area (Å²) in [6.45, 7) is 1.98. The number of nitrogens with one attached hydrogen (secondary N) is 1. The summed E-state index contributed by atoms with van der Waals surface area (Å²) in [6, 6.07) is 0.130. The molecule has 1 N–H and O–H groups in total. The van der Waals surface area contributed by atoms with Gasteiger partial charge in [-0.25, -0.2) is 0 Å². The van der Waals surface area contributed by atoms with Gasteiger partial charge in [-0.05, 0) is 31.6 Å². The van der Waals surface area contributed by atoms with Crippen LogP contribution in [-0.4, -0.2) is 11.9 Å². The van der Waals surface area contributed by atoms with Gasteiger partial charge in [0, 0.05) is 18.4 Å². The monoisotopic (exact) mass is 205 g/mol. The molecule has 15 heavy (non-hydrogen) atoms. The predicted octanol–water partition coefficient (Wildman–Crippen LogP) is 1.95. The summed E-state index contributed by atoms with van der Waals surface area (Å²) in [5.74, 6) is 4.52. The molecule has 0 radical (unpaired) electrons. The van der Waals surface area contributed by atoms with Gasteiger partial charge in [0.25, 0.3) is 0 Å². The average molecular weight is 205 g/mol. The highest BCUT2D eigenvalue weighted by atomic mass is 16.2. The highest BCUT2D eigenvalue weighted by molar-refractivity contribution is 5.82. The van der Waals surface area contributed by atoms with Crippen molar-refractivity contribution in [1.29, 1.82) is 0 Å². The largest absolute Gasteiger partial charge is 0.352 e. The van der Waals surface area contributed by atoms with Crippen LogP contribution in [0.15, 0.2) is 0 Å². The number of rotatable bonds is 3. The first kappa shape index (κ1) is 10.5. The topological polar surface area (TPSA) is 29.1 Å². The molecule has 2 rings (SSSR count). The molecule has 0 spiro atoms. The molecule has 0 aromatic rings. The van der Waals surface area contributed by atoms with Crippen LogP contribution in [0.3, 0.4) is 0 Å². The van der Waals surface area contributed by atoms with Gasteiger partial charge < -0.3 is 5.32 Å². The Hall–Kier alpha value is -0.970. The molecule has 1 amide bonds. The lowest BCUT2D eigenvalue weighted by Crippen LogP contribution is -2.34. The van der Waals surface area contributed by atoms with E-state index >= 15 is 0 Å². The van der Waals surface area contributed by atoms with Crippen molar-refractivity contribution >= 4 is 5.91 Å². The molecule has 0 saturated heterocycles.